The van der Waals surface area contributed by atoms with Crippen LogP contribution in [-0.2, 0) is 4.79 Å². The van der Waals surface area contributed by atoms with Crippen molar-refractivity contribution in [2.45, 2.75) is 111 Å². The number of fused-ring (bicyclic) bond motifs is 6. The van der Waals surface area contributed by atoms with Crippen LogP contribution in [0.2, 0.25) is 0 Å². The molecule has 0 aromatic rings. The molecule has 172 valence electrons. The van der Waals surface area contributed by atoms with Gasteiger partial charge in [-0.3, -0.25) is 4.79 Å². The molecule has 4 saturated carbocycles. The molecule has 0 saturated heterocycles. The molecular weight excluding hydrogens is 380 g/mol. The highest BCUT2D eigenvalue weighted by atomic mass is 16.3. The second-order valence-corrected chi connectivity index (χ2v) is 12.8. The first-order valence-electron chi connectivity index (χ1n) is 13.2. The Kier molecular flexibility index (Phi) is 4.99. The van der Waals surface area contributed by atoms with Crippen molar-refractivity contribution in [3.05, 3.63) is 23.3 Å². The maximum absolute atomic E-state index is 12.8. The van der Waals surface area contributed by atoms with Gasteiger partial charge in [-0.15, -0.1) is 0 Å². The number of hydrogen-bond donors (Lipinski definition) is 1. The van der Waals surface area contributed by atoms with Crippen molar-refractivity contribution in [1.29, 1.82) is 0 Å². The fraction of sp³-hybridized carbons (Fsp3) is 0.828. The Bertz CT molecular complexity index is 828. The first kappa shape index (κ1) is 21.9. The van der Waals surface area contributed by atoms with Crippen LogP contribution in [-0.4, -0.2) is 16.5 Å². The number of carbonyl (C=O) groups is 1. The normalized spacial score (nSPS) is 45.9. The van der Waals surface area contributed by atoms with E-state index in [0.717, 1.165) is 57.8 Å². The molecule has 31 heavy (non-hydrogen) atoms. The maximum atomic E-state index is 12.8. The van der Waals surface area contributed by atoms with E-state index in [1.54, 1.807) is 5.57 Å². The standard InChI is InChI=1S/C29H44O2/c1-19(2)7-6-8-20(3)29(31)16-12-23-21-9-10-24-26(4,22(21)11-15-27(23,29)5)14-13-25(30)28(24)17-18-28/h7,10,20-23,31H,6,8-9,11-18H2,1-5H3/t20-,21-,22+,23+,26-,27+,29-/m1/s1. The molecule has 0 amide bonds. The average Bonchev–Trinajstić information content (AvgIpc) is 3.45. The van der Waals surface area contributed by atoms with Crippen LogP contribution in [0.5, 0.6) is 0 Å². The van der Waals surface area contributed by atoms with Crippen molar-refractivity contribution < 1.29 is 9.90 Å². The number of carbonyl (C=O) groups excluding carboxylic acids is 1. The summed E-state index contributed by atoms with van der Waals surface area (Å²) in [4.78, 5) is 12.8. The molecule has 0 radical (unpaired) electrons. The molecule has 1 N–H and O–H groups in total. The summed E-state index contributed by atoms with van der Waals surface area (Å²) in [5, 5.41) is 12.1. The second kappa shape index (κ2) is 7.05. The van der Waals surface area contributed by atoms with Crippen LogP contribution in [0.15, 0.2) is 23.3 Å². The number of allylic oxidation sites excluding steroid dienone is 4. The highest BCUT2D eigenvalue weighted by Crippen LogP contribution is 2.72. The van der Waals surface area contributed by atoms with E-state index < -0.39 is 5.60 Å². The molecule has 4 fully saturated rings. The van der Waals surface area contributed by atoms with Gasteiger partial charge >= 0.3 is 0 Å². The van der Waals surface area contributed by atoms with Crippen molar-refractivity contribution in [3.8, 4) is 0 Å². The van der Waals surface area contributed by atoms with Crippen LogP contribution < -0.4 is 0 Å². The molecule has 0 aliphatic heterocycles. The van der Waals surface area contributed by atoms with Crippen molar-refractivity contribution in [2.75, 3.05) is 0 Å². The lowest BCUT2D eigenvalue weighted by Gasteiger charge is -2.60. The molecule has 0 bridgehead atoms. The number of hydrogen-bond acceptors (Lipinski definition) is 2. The number of rotatable bonds is 4. The van der Waals surface area contributed by atoms with E-state index in [1.807, 2.05) is 0 Å². The van der Waals surface area contributed by atoms with Crippen LogP contribution >= 0.6 is 0 Å². The Morgan fingerprint density at radius 3 is 2.52 bits per heavy atom. The Balaban J connectivity index is 1.41. The summed E-state index contributed by atoms with van der Waals surface area (Å²) in [6, 6.07) is 0. The van der Waals surface area contributed by atoms with Crippen LogP contribution in [0.3, 0.4) is 0 Å². The predicted molar refractivity (Wildman–Crippen MR) is 127 cm³/mol. The summed E-state index contributed by atoms with van der Waals surface area (Å²) < 4.78 is 0. The predicted octanol–water partition coefficient (Wildman–Crippen LogP) is 7.02. The molecule has 0 aromatic heterocycles. The molecule has 0 unspecified atom stereocenters. The monoisotopic (exact) mass is 424 g/mol. The average molecular weight is 425 g/mol. The van der Waals surface area contributed by atoms with Gasteiger partial charge in [0.15, 0.2) is 0 Å². The van der Waals surface area contributed by atoms with Crippen molar-refractivity contribution in [1.82, 2.24) is 0 Å². The van der Waals surface area contributed by atoms with E-state index >= 15 is 0 Å². The largest absolute Gasteiger partial charge is 0.389 e. The second-order valence-electron chi connectivity index (χ2n) is 12.8. The Labute approximate surface area is 190 Å². The van der Waals surface area contributed by atoms with Crippen molar-refractivity contribution in [2.24, 2.45) is 39.9 Å². The SMILES string of the molecule is CC(C)=CCC[C@@H](C)[C@]1(O)CC[C@H]2[C@@H]3CC=C4C5(CC5)C(=O)CC[C@]4(C)[C@H]3CC[C@@]21C. The Morgan fingerprint density at radius 1 is 1.13 bits per heavy atom. The van der Waals surface area contributed by atoms with Gasteiger partial charge in [0.1, 0.15) is 5.78 Å². The zero-order chi connectivity index (χ0) is 22.2. The summed E-state index contributed by atoms with van der Waals surface area (Å²) in [6.07, 6.45) is 16.8. The third-order valence-electron chi connectivity index (χ3n) is 11.3. The van der Waals surface area contributed by atoms with Gasteiger partial charge in [-0.2, -0.15) is 0 Å². The van der Waals surface area contributed by atoms with E-state index in [4.69, 9.17) is 0 Å². The van der Waals surface area contributed by atoms with Gasteiger partial charge in [-0.1, -0.05) is 44.1 Å². The zero-order valence-corrected chi connectivity index (χ0v) is 20.6. The van der Waals surface area contributed by atoms with Gasteiger partial charge < -0.3 is 5.11 Å². The third-order valence-corrected chi connectivity index (χ3v) is 11.3. The summed E-state index contributed by atoms with van der Waals surface area (Å²) in [6.45, 7) is 11.6. The van der Waals surface area contributed by atoms with Crippen LogP contribution in [0.4, 0.5) is 0 Å². The van der Waals surface area contributed by atoms with E-state index in [-0.39, 0.29) is 16.2 Å². The molecule has 2 nitrogen and oxygen atoms in total. The van der Waals surface area contributed by atoms with E-state index in [0.29, 0.717) is 29.5 Å². The summed E-state index contributed by atoms with van der Waals surface area (Å²) in [5.41, 5.74) is 2.63. The minimum Gasteiger partial charge on any atom is -0.389 e. The highest BCUT2D eigenvalue weighted by Gasteiger charge is 2.68. The van der Waals surface area contributed by atoms with Gasteiger partial charge in [-0.05, 0) is 113 Å². The molecule has 5 aliphatic rings. The summed E-state index contributed by atoms with van der Waals surface area (Å²) in [5.74, 6) is 2.91. The highest BCUT2D eigenvalue weighted by molar-refractivity contribution is 5.92. The van der Waals surface area contributed by atoms with Crippen molar-refractivity contribution >= 4 is 5.78 Å². The number of aliphatic hydroxyl groups is 1. The van der Waals surface area contributed by atoms with E-state index in [9.17, 15) is 9.90 Å². The molecule has 1 spiro atoms. The van der Waals surface area contributed by atoms with Gasteiger partial charge in [0, 0.05) is 6.42 Å². The molecule has 5 aliphatic carbocycles. The number of Topliss-reactive ketones (excluding diaryl/α,β-unsaturated/α-hetero) is 1. The molecule has 0 aromatic carbocycles. The topological polar surface area (TPSA) is 37.3 Å². The third kappa shape index (κ3) is 2.89. The van der Waals surface area contributed by atoms with Crippen LogP contribution in [0.25, 0.3) is 0 Å². The van der Waals surface area contributed by atoms with Gasteiger partial charge in [-0.25, -0.2) is 0 Å². The number of ketones is 1. The molecular formula is C29H44O2. The van der Waals surface area contributed by atoms with Crippen molar-refractivity contribution in [3.63, 3.8) is 0 Å². The van der Waals surface area contributed by atoms with Gasteiger partial charge in [0.25, 0.3) is 0 Å². The fourth-order valence-electron chi connectivity index (χ4n) is 9.31. The minimum absolute atomic E-state index is 0.0437. The van der Waals surface area contributed by atoms with Crippen LogP contribution in [0.1, 0.15) is 105 Å². The quantitative estimate of drug-likeness (QED) is 0.492. The summed E-state index contributed by atoms with van der Waals surface area (Å²) >= 11 is 0. The Morgan fingerprint density at radius 2 is 1.84 bits per heavy atom. The molecule has 0 heterocycles. The smallest absolute Gasteiger partial charge is 0.143 e. The molecule has 7 atom stereocenters. The van der Waals surface area contributed by atoms with Gasteiger partial charge in [0.05, 0.1) is 11.0 Å². The zero-order valence-electron chi connectivity index (χ0n) is 20.6. The first-order chi connectivity index (χ1) is 14.6. The van der Waals surface area contributed by atoms with E-state index in [1.165, 1.54) is 18.4 Å². The fourth-order valence-corrected chi connectivity index (χ4v) is 9.31. The lowest BCUT2D eigenvalue weighted by Crippen LogP contribution is -2.57. The molecule has 2 heteroatoms. The Hall–Kier alpha value is -0.890. The minimum atomic E-state index is -0.525. The maximum Gasteiger partial charge on any atom is 0.143 e. The summed E-state index contributed by atoms with van der Waals surface area (Å²) in [7, 11) is 0. The lowest BCUT2D eigenvalue weighted by atomic mass is 9.45. The van der Waals surface area contributed by atoms with E-state index in [2.05, 4.69) is 46.8 Å². The van der Waals surface area contributed by atoms with Gasteiger partial charge in [0.2, 0.25) is 0 Å². The lowest BCUT2D eigenvalue weighted by molar-refractivity contribution is -0.151. The molecule has 5 rings (SSSR count). The van der Waals surface area contributed by atoms with Crippen LogP contribution in [0, 0.1) is 39.9 Å². The first-order valence-corrected chi connectivity index (χ1v) is 13.2.